The number of rotatable bonds is 8. The number of carboxylic acids is 1. The standard InChI is InChI=1S/C12H23NO2S/c1-4-10(8-7-9-16-6-3)12(13,5-2)11(14)15/h7-8,10H,4-6,9,13H2,1-3H3,(H,14,15)/b8-7-. The highest BCUT2D eigenvalue weighted by atomic mass is 32.2. The molecule has 0 rings (SSSR count). The summed E-state index contributed by atoms with van der Waals surface area (Å²) in [5.41, 5.74) is 4.83. The molecular formula is C12H23NO2S. The van der Waals surface area contributed by atoms with E-state index < -0.39 is 11.5 Å². The average Bonchev–Trinajstić information content (AvgIpc) is 2.28. The van der Waals surface area contributed by atoms with Gasteiger partial charge in [-0.1, -0.05) is 32.9 Å². The molecule has 0 radical (unpaired) electrons. The summed E-state index contributed by atoms with van der Waals surface area (Å²) in [6, 6.07) is 0. The summed E-state index contributed by atoms with van der Waals surface area (Å²) < 4.78 is 0. The van der Waals surface area contributed by atoms with Crippen LogP contribution < -0.4 is 5.73 Å². The van der Waals surface area contributed by atoms with Crippen molar-refractivity contribution >= 4 is 17.7 Å². The van der Waals surface area contributed by atoms with Crippen LogP contribution in [0.4, 0.5) is 0 Å². The third kappa shape index (κ3) is 4.18. The van der Waals surface area contributed by atoms with E-state index in [1.54, 1.807) is 0 Å². The van der Waals surface area contributed by atoms with Gasteiger partial charge in [0.05, 0.1) is 0 Å². The molecule has 2 atom stereocenters. The maximum atomic E-state index is 11.2. The minimum absolute atomic E-state index is 0.0903. The first-order chi connectivity index (χ1) is 7.52. The molecule has 0 spiro atoms. The van der Waals surface area contributed by atoms with Crippen molar-refractivity contribution in [3.05, 3.63) is 12.2 Å². The second kappa shape index (κ2) is 7.74. The van der Waals surface area contributed by atoms with Gasteiger partial charge in [-0.05, 0) is 18.6 Å². The third-order valence-corrected chi connectivity index (χ3v) is 3.71. The van der Waals surface area contributed by atoms with Crippen LogP contribution in [0, 0.1) is 5.92 Å². The van der Waals surface area contributed by atoms with Crippen molar-refractivity contribution in [2.45, 2.75) is 39.2 Å². The molecule has 0 saturated carbocycles. The first kappa shape index (κ1) is 15.5. The Morgan fingerprint density at radius 1 is 1.50 bits per heavy atom. The zero-order chi connectivity index (χ0) is 12.6. The summed E-state index contributed by atoms with van der Waals surface area (Å²) >= 11 is 1.81. The second-order valence-corrected chi connectivity index (χ2v) is 5.12. The molecule has 0 heterocycles. The normalized spacial score (nSPS) is 17.2. The van der Waals surface area contributed by atoms with Crippen LogP contribution in [-0.2, 0) is 4.79 Å². The van der Waals surface area contributed by atoms with Crippen molar-refractivity contribution < 1.29 is 9.90 Å². The fraction of sp³-hybridized carbons (Fsp3) is 0.750. The van der Waals surface area contributed by atoms with Gasteiger partial charge in [-0.25, -0.2) is 0 Å². The Hall–Kier alpha value is -0.480. The molecule has 0 aromatic carbocycles. The van der Waals surface area contributed by atoms with Crippen molar-refractivity contribution in [1.29, 1.82) is 0 Å². The van der Waals surface area contributed by atoms with E-state index in [0.29, 0.717) is 6.42 Å². The lowest BCUT2D eigenvalue weighted by atomic mass is 9.80. The van der Waals surface area contributed by atoms with Crippen LogP contribution in [0.25, 0.3) is 0 Å². The largest absolute Gasteiger partial charge is 0.480 e. The van der Waals surface area contributed by atoms with Crippen molar-refractivity contribution in [1.82, 2.24) is 0 Å². The number of nitrogens with two attached hydrogens (primary N) is 1. The fourth-order valence-electron chi connectivity index (χ4n) is 1.65. The predicted molar refractivity (Wildman–Crippen MR) is 70.8 cm³/mol. The van der Waals surface area contributed by atoms with E-state index in [0.717, 1.165) is 17.9 Å². The summed E-state index contributed by atoms with van der Waals surface area (Å²) in [5, 5.41) is 9.17. The molecule has 16 heavy (non-hydrogen) atoms. The van der Waals surface area contributed by atoms with E-state index in [4.69, 9.17) is 5.73 Å². The van der Waals surface area contributed by atoms with Gasteiger partial charge in [0, 0.05) is 11.7 Å². The molecule has 3 N–H and O–H groups in total. The lowest BCUT2D eigenvalue weighted by Crippen LogP contribution is -2.53. The van der Waals surface area contributed by atoms with Crippen LogP contribution in [0.5, 0.6) is 0 Å². The Balaban J connectivity index is 4.57. The highest BCUT2D eigenvalue weighted by Crippen LogP contribution is 2.24. The van der Waals surface area contributed by atoms with Crippen molar-refractivity contribution in [2.75, 3.05) is 11.5 Å². The van der Waals surface area contributed by atoms with Crippen molar-refractivity contribution in [3.8, 4) is 0 Å². The summed E-state index contributed by atoms with van der Waals surface area (Å²) in [6.07, 6.45) is 5.19. The molecule has 0 fully saturated rings. The molecule has 0 amide bonds. The van der Waals surface area contributed by atoms with Gasteiger partial charge in [0.15, 0.2) is 0 Å². The van der Waals surface area contributed by atoms with Gasteiger partial charge in [-0.3, -0.25) is 4.79 Å². The number of hydrogen-bond acceptors (Lipinski definition) is 3. The van der Waals surface area contributed by atoms with Crippen LogP contribution in [0.3, 0.4) is 0 Å². The predicted octanol–water partition coefficient (Wildman–Crippen LogP) is 2.51. The minimum Gasteiger partial charge on any atom is -0.480 e. The average molecular weight is 245 g/mol. The summed E-state index contributed by atoms with van der Waals surface area (Å²) in [6.45, 7) is 5.90. The van der Waals surface area contributed by atoms with Gasteiger partial charge in [-0.15, -0.1) is 0 Å². The van der Waals surface area contributed by atoms with Gasteiger partial charge < -0.3 is 10.8 Å². The fourth-order valence-corrected chi connectivity index (χ4v) is 2.13. The molecular weight excluding hydrogens is 222 g/mol. The molecule has 2 unspecified atom stereocenters. The van der Waals surface area contributed by atoms with E-state index in [-0.39, 0.29) is 5.92 Å². The van der Waals surface area contributed by atoms with Crippen LogP contribution in [0.2, 0.25) is 0 Å². The lowest BCUT2D eigenvalue weighted by molar-refractivity contribution is -0.145. The topological polar surface area (TPSA) is 63.3 Å². The highest BCUT2D eigenvalue weighted by molar-refractivity contribution is 7.99. The molecule has 0 aliphatic rings. The number of carbonyl (C=O) groups is 1. The smallest absolute Gasteiger partial charge is 0.324 e. The van der Waals surface area contributed by atoms with Gasteiger partial charge in [0.2, 0.25) is 0 Å². The second-order valence-electron chi connectivity index (χ2n) is 3.80. The SMILES string of the molecule is CCSC/C=C\C(CC)C(N)(CC)C(=O)O. The van der Waals surface area contributed by atoms with E-state index in [1.807, 2.05) is 37.8 Å². The van der Waals surface area contributed by atoms with E-state index >= 15 is 0 Å². The number of aliphatic carboxylic acids is 1. The van der Waals surface area contributed by atoms with Crippen LogP contribution in [0.1, 0.15) is 33.6 Å². The minimum atomic E-state index is -1.12. The monoisotopic (exact) mass is 245 g/mol. The number of hydrogen-bond donors (Lipinski definition) is 2. The maximum absolute atomic E-state index is 11.2. The van der Waals surface area contributed by atoms with Gasteiger partial charge >= 0.3 is 5.97 Å². The molecule has 0 aliphatic carbocycles. The molecule has 0 aliphatic heterocycles. The summed E-state index contributed by atoms with van der Waals surface area (Å²) in [7, 11) is 0. The third-order valence-electron chi connectivity index (χ3n) is 2.87. The molecule has 0 bridgehead atoms. The first-order valence-electron chi connectivity index (χ1n) is 5.79. The van der Waals surface area contributed by atoms with Gasteiger partial charge in [-0.2, -0.15) is 11.8 Å². The molecule has 0 aromatic heterocycles. The molecule has 4 heteroatoms. The summed E-state index contributed by atoms with van der Waals surface area (Å²) in [5.74, 6) is 0.996. The van der Waals surface area contributed by atoms with Crippen LogP contribution in [-0.4, -0.2) is 28.1 Å². The Morgan fingerprint density at radius 3 is 2.50 bits per heavy atom. The molecule has 3 nitrogen and oxygen atoms in total. The van der Waals surface area contributed by atoms with Gasteiger partial charge in [0.1, 0.15) is 5.54 Å². The number of thioether (sulfide) groups is 1. The lowest BCUT2D eigenvalue weighted by Gasteiger charge is -2.30. The highest BCUT2D eigenvalue weighted by Gasteiger charge is 2.38. The van der Waals surface area contributed by atoms with E-state index in [9.17, 15) is 9.90 Å². The Kier molecular flexibility index (Phi) is 7.51. The maximum Gasteiger partial charge on any atom is 0.324 e. The van der Waals surface area contributed by atoms with E-state index in [1.165, 1.54) is 0 Å². The van der Waals surface area contributed by atoms with Crippen molar-refractivity contribution in [2.24, 2.45) is 11.7 Å². The Bertz CT molecular complexity index is 243. The Morgan fingerprint density at radius 2 is 2.12 bits per heavy atom. The zero-order valence-corrected chi connectivity index (χ0v) is 11.2. The number of carboxylic acid groups (broad SMARTS) is 1. The molecule has 94 valence electrons. The summed E-state index contributed by atoms with van der Waals surface area (Å²) in [4.78, 5) is 11.2. The zero-order valence-electron chi connectivity index (χ0n) is 10.4. The molecule has 0 saturated heterocycles. The van der Waals surface area contributed by atoms with Crippen LogP contribution >= 0.6 is 11.8 Å². The van der Waals surface area contributed by atoms with Gasteiger partial charge in [0.25, 0.3) is 0 Å². The van der Waals surface area contributed by atoms with Crippen molar-refractivity contribution in [3.63, 3.8) is 0 Å². The van der Waals surface area contributed by atoms with Crippen LogP contribution in [0.15, 0.2) is 12.2 Å². The Labute approximate surface area is 102 Å². The first-order valence-corrected chi connectivity index (χ1v) is 6.95. The molecule has 0 aromatic rings. The quantitative estimate of drug-likeness (QED) is 0.509. The van der Waals surface area contributed by atoms with E-state index in [2.05, 4.69) is 6.92 Å².